The van der Waals surface area contributed by atoms with E-state index in [1.165, 1.54) is 0 Å². The lowest BCUT2D eigenvalue weighted by Gasteiger charge is -2.24. The fourth-order valence-electron chi connectivity index (χ4n) is 3.73. The van der Waals surface area contributed by atoms with Gasteiger partial charge < -0.3 is 4.74 Å². The highest BCUT2D eigenvalue weighted by Crippen LogP contribution is 2.41. The van der Waals surface area contributed by atoms with E-state index in [9.17, 15) is 35.1 Å². The first-order valence-corrected chi connectivity index (χ1v) is 9.62. The Labute approximate surface area is 173 Å². The van der Waals surface area contributed by atoms with Gasteiger partial charge in [0.25, 0.3) is 0 Å². The molecule has 0 aliphatic heterocycles. The molecule has 1 aliphatic carbocycles. The number of halogens is 8. The van der Waals surface area contributed by atoms with Gasteiger partial charge in [-0.2, -0.15) is 8.78 Å². The number of benzene rings is 2. The number of ether oxygens (including phenoxy) is 1. The lowest BCUT2D eigenvalue weighted by molar-refractivity contribution is -0.189. The van der Waals surface area contributed by atoms with Gasteiger partial charge in [0.15, 0.2) is 17.5 Å². The van der Waals surface area contributed by atoms with Crippen LogP contribution in [-0.2, 0) is 6.11 Å². The van der Waals surface area contributed by atoms with Gasteiger partial charge in [-0.25, -0.2) is 26.3 Å². The SMILES string of the molecule is CCCC1CCC(c2cc(F)c(C(F)(F)Oc3cc(F)c(F)c(F)c3)c(F)c2)=C(F)C1. The maximum atomic E-state index is 14.5. The molecular formula is C22H18F8O. The Kier molecular flexibility index (Phi) is 6.62. The molecule has 0 saturated heterocycles. The third-order valence-corrected chi connectivity index (χ3v) is 5.18. The van der Waals surface area contributed by atoms with Crippen molar-refractivity contribution in [3.63, 3.8) is 0 Å². The molecule has 2 aromatic rings. The quantitative estimate of drug-likeness (QED) is 0.322. The van der Waals surface area contributed by atoms with Crippen LogP contribution in [-0.4, -0.2) is 0 Å². The van der Waals surface area contributed by atoms with Crippen LogP contribution in [0.25, 0.3) is 5.57 Å². The Balaban J connectivity index is 1.92. The molecule has 31 heavy (non-hydrogen) atoms. The van der Waals surface area contributed by atoms with Gasteiger partial charge in [0, 0.05) is 18.6 Å². The molecule has 0 radical (unpaired) electrons. The van der Waals surface area contributed by atoms with Crippen molar-refractivity contribution >= 4 is 5.57 Å². The van der Waals surface area contributed by atoms with Crippen molar-refractivity contribution in [3.05, 3.63) is 70.3 Å². The van der Waals surface area contributed by atoms with Crippen molar-refractivity contribution in [2.24, 2.45) is 5.92 Å². The van der Waals surface area contributed by atoms with Crippen LogP contribution in [0.2, 0.25) is 0 Å². The van der Waals surface area contributed by atoms with Crippen molar-refractivity contribution in [1.82, 2.24) is 0 Å². The molecule has 0 bridgehead atoms. The van der Waals surface area contributed by atoms with Crippen LogP contribution in [0, 0.1) is 35.0 Å². The topological polar surface area (TPSA) is 9.23 Å². The lowest BCUT2D eigenvalue weighted by Crippen LogP contribution is -2.25. The smallest absolute Gasteiger partial charge is 0.429 e. The Morgan fingerprint density at radius 1 is 0.903 bits per heavy atom. The zero-order valence-electron chi connectivity index (χ0n) is 16.4. The van der Waals surface area contributed by atoms with Crippen LogP contribution in [0.5, 0.6) is 5.75 Å². The van der Waals surface area contributed by atoms with Crippen LogP contribution in [0.3, 0.4) is 0 Å². The predicted molar refractivity (Wildman–Crippen MR) is 97.5 cm³/mol. The number of hydrogen-bond acceptors (Lipinski definition) is 1. The van der Waals surface area contributed by atoms with E-state index in [4.69, 9.17) is 0 Å². The van der Waals surface area contributed by atoms with E-state index in [-0.39, 0.29) is 42.0 Å². The molecule has 0 fully saturated rings. The molecule has 1 nitrogen and oxygen atoms in total. The molecule has 0 heterocycles. The van der Waals surface area contributed by atoms with Gasteiger partial charge in [0.1, 0.15) is 28.8 Å². The molecule has 0 aromatic heterocycles. The highest BCUT2D eigenvalue weighted by Gasteiger charge is 2.42. The Hall–Kier alpha value is -2.58. The molecule has 2 aromatic carbocycles. The van der Waals surface area contributed by atoms with Crippen molar-refractivity contribution < 1.29 is 39.9 Å². The van der Waals surface area contributed by atoms with Crippen LogP contribution >= 0.6 is 0 Å². The molecule has 0 amide bonds. The third-order valence-electron chi connectivity index (χ3n) is 5.18. The minimum absolute atomic E-state index is 0.0450. The van der Waals surface area contributed by atoms with Crippen LogP contribution in [0.1, 0.15) is 50.2 Å². The molecule has 1 unspecified atom stereocenters. The predicted octanol–water partition coefficient (Wildman–Crippen LogP) is 7.79. The van der Waals surface area contributed by atoms with E-state index in [0.717, 1.165) is 12.8 Å². The third kappa shape index (κ3) is 4.85. The zero-order valence-corrected chi connectivity index (χ0v) is 16.4. The number of alkyl halides is 2. The first-order chi connectivity index (χ1) is 14.5. The van der Waals surface area contributed by atoms with E-state index in [1.54, 1.807) is 0 Å². The van der Waals surface area contributed by atoms with Gasteiger partial charge in [-0.05, 0) is 42.0 Å². The normalized spacial score (nSPS) is 17.3. The number of rotatable bonds is 6. The Morgan fingerprint density at radius 3 is 2.00 bits per heavy atom. The molecule has 9 heteroatoms. The molecule has 0 N–H and O–H groups in total. The summed E-state index contributed by atoms with van der Waals surface area (Å²) in [6, 6.07) is 1.37. The van der Waals surface area contributed by atoms with Crippen molar-refractivity contribution in [2.75, 3.05) is 0 Å². The fourth-order valence-corrected chi connectivity index (χ4v) is 3.73. The van der Waals surface area contributed by atoms with E-state index in [0.29, 0.717) is 18.6 Å². The summed E-state index contributed by atoms with van der Waals surface area (Å²) < 4.78 is 116. The fraction of sp³-hybridized carbons (Fsp3) is 0.364. The first kappa shape index (κ1) is 23.1. The molecule has 168 valence electrons. The van der Waals surface area contributed by atoms with Crippen LogP contribution in [0.4, 0.5) is 35.1 Å². The van der Waals surface area contributed by atoms with Gasteiger partial charge in [0.2, 0.25) is 0 Å². The van der Waals surface area contributed by atoms with E-state index in [2.05, 4.69) is 4.74 Å². The van der Waals surface area contributed by atoms with E-state index < -0.39 is 52.3 Å². The van der Waals surface area contributed by atoms with Crippen LogP contribution in [0.15, 0.2) is 30.1 Å². The highest BCUT2D eigenvalue weighted by molar-refractivity contribution is 5.68. The van der Waals surface area contributed by atoms with E-state index in [1.807, 2.05) is 6.92 Å². The maximum absolute atomic E-state index is 14.5. The summed E-state index contributed by atoms with van der Waals surface area (Å²) >= 11 is 0. The highest BCUT2D eigenvalue weighted by atomic mass is 19.3. The molecule has 1 aliphatic rings. The van der Waals surface area contributed by atoms with Crippen molar-refractivity contribution in [1.29, 1.82) is 0 Å². The summed E-state index contributed by atoms with van der Waals surface area (Å²) in [5.41, 5.74) is -1.98. The van der Waals surface area contributed by atoms with Gasteiger partial charge in [-0.1, -0.05) is 19.8 Å². The molecule has 1 atom stereocenters. The standard InChI is InChI=1S/C22H18F8O/c1-2-3-11-4-5-14(15(23)6-11)12-7-16(24)20(17(25)8-12)22(29,30)31-13-9-18(26)21(28)19(27)10-13/h7-11H,2-6H2,1H3. The Bertz CT molecular complexity index is 969. The van der Waals surface area contributed by atoms with Gasteiger partial charge in [-0.3, -0.25) is 0 Å². The van der Waals surface area contributed by atoms with Gasteiger partial charge in [-0.15, -0.1) is 0 Å². The minimum Gasteiger partial charge on any atom is -0.429 e. The largest absolute Gasteiger partial charge is 0.432 e. The average Bonchev–Trinajstić information content (AvgIpc) is 2.65. The summed E-state index contributed by atoms with van der Waals surface area (Å²) in [7, 11) is 0. The molecular weight excluding hydrogens is 432 g/mol. The lowest BCUT2D eigenvalue weighted by atomic mass is 9.83. The van der Waals surface area contributed by atoms with Crippen LogP contribution < -0.4 is 4.74 Å². The number of hydrogen-bond donors (Lipinski definition) is 0. The zero-order chi connectivity index (χ0) is 22.9. The summed E-state index contributed by atoms with van der Waals surface area (Å²) in [5, 5.41) is 0. The molecule has 0 spiro atoms. The second kappa shape index (κ2) is 8.88. The summed E-state index contributed by atoms with van der Waals surface area (Å²) in [6.07, 6.45) is -2.11. The van der Waals surface area contributed by atoms with Gasteiger partial charge in [0.05, 0.1) is 0 Å². The molecule has 3 rings (SSSR count). The second-order valence-corrected chi connectivity index (χ2v) is 7.42. The second-order valence-electron chi connectivity index (χ2n) is 7.42. The monoisotopic (exact) mass is 450 g/mol. The maximum Gasteiger partial charge on any atom is 0.432 e. The number of allylic oxidation sites excluding steroid dienone is 2. The van der Waals surface area contributed by atoms with Gasteiger partial charge >= 0.3 is 6.11 Å². The average molecular weight is 450 g/mol. The molecule has 0 saturated carbocycles. The minimum atomic E-state index is -4.69. The van der Waals surface area contributed by atoms with Crippen molar-refractivity contribution in [3.8, 4) is 5.75 Å². The summed E-state index contributed by atoms with van der Waals surface area (Å²) in [5.74, 6) is -10.6. The summed E-state index contributed by atoms with van der Waals surface area (Å²) in [6.45, 7) is 1.96. The first-order valence-electron chi connectivity index (χ1n) is 9.62. The Morgan fingerprint density at radius 2 is 1.48 bits per heavy atom. The summed E-state index contributed by atoms with van der Waals surface area (Å²) in [4.78, 5) is 0. The van der Waals surface area contributed by atoms with Crippen molar-refractivity contribution in [2.45, 2.75) is 45.1 Å². The van der Waals surface area contributed by atoms with E-state index >= 15 is 0 Å².